The lowest BCUT2D eigenvalue weighted by Crippen LogP contribution is -2.42. The number of nitrogens with two attached hydrogens (primary N) is 1. The molecule has 0 amide bonds. The maximum absolute atomic E-state index is 14.1. The number of hydrogen-bond donors (Lipinski definition) is 3. The van der Waals surface area contributed by atoms with Crippen molar-refractivity contribution in [2.75, 3.05) is 6.61 Å². The quantitative estimate of drug-likeness (QED) is 0.326. The summed E-state index contributed by atoms with van der Waals surface area (Å²) in [5.74, 6) is 5.31. The minimum atomic E-state index is -4.83. The molecule has 162 valence electrons. The summed E-state index contributed by atoms with van der Waals surface area (Å²) in [7, 11) is 0. The Morgan fingerprint density at radius 2 is 1.90 bits per heavy atom. The number of benzene rings is 2. The van der Waals surface area contributed by atoms with Crippen LogP contribution in [0.5, 0.6) is 5.75 Å². The summed E-state index contributed by atoms with van der Waals surface area (Å²) < 4.78 is 47.9. The molecule has 1 heterocycles. The maximum Gasteiger partial charge on any atom is 0.428 e. The highest BCUT2D eigenvalue weighted by atomic mass is 35.5. The second kappa shape index (κ2) is 8.71. The monoisotopic (exact) mass is 469 g/mol. The Bertz CT molecular complexity index is 1100. The first-order valence-corrected chi connectivity index (χ1v) is 9.54. The Kier molecular flexibility index (Phi) is 6.41. The van der Waals surface area contributed by atoms with Gasteiger partial charge in [-0.3, -0.25) is 15.7 Å². The van der Waals surface area contributed by atoms with Gasteiger partial charge in [-0.1, -0.05) is 35.2 Å². The van der Waals surface area contributed by atoms with Gasteiger partial charge in [-0.25, -0.2) is 0 Å². The summed E-state index contributed by atoms with van der Waals surface area (Å²) in [5, 5.41) is 7.74. The first kappa shape index (κ1) is 22.8. The van der Waals surface area contributed by atoms with Crippen molar-refractivity contribution in [3.05, 3.63) is 69.2 Å². The van der Waals surface area contributed by atoms with Crippen molar-refractivity contribution in [2.45, 2.75) is 18.7 Å². The minimum absolute atomic E-state index is 0.0245. The zero-order valence-corrected chi connectivity index (χ0v) is 17.5. The van der Waals surface area contributed by atoms with Crippen LogP contribution in [0.4, 0.5) is 13.2 Å². The van der Waals surface area contributed by atoms with Crippen molar-refractivity contribution in [2.24, 2.45) is 5.73 Å². The number of amidine groups is 1. The fourth-order valence-electron chi connectivity index (χ4n) is 2.97. The van der Waals surface area contributed by atoms with Gasteiger partial charge in [-0.2, -0.15) is 13.2 Å². The van der Waals surface area contributed by atoms with E-state index in [-0.39, 0.29) is 45.1 Å². The van der Waals surface area contributed by atoms with Crippen LogP contribution < -0.4 is 16.0 Å². The predicted octanol–water partition coefficient (Wildman–Crippen LogP) is 5.01. The zero-order chi connectivity index (χ0) is 22.8. The van der Waals surface area contributed by atoms with Gasteiger partial charge in [0.1, 0.15) is 18.2 Å². The van der Waals surface area contributed by atoms with Crippen LogP contribution in [0.15, 0.2) is 42.5 Å². The lowest BCUT2D eigenvalue weighted by atomic mass is 9.91. The van der Waals surface area contributed by atoms with Crippen LogP contribution in [-0.2, 0) is 10.4 Å². The van der Waals surface area contributed by atoms with Crippen LogP contribution in [0.25, 0.3) is 5.70 Å². The minimum Gasteiger partial charge on any atom is -0.480 e. The van der Waals surface area contributed by atoms with E-state index in [0.717, 1.165) is 18.2 Å². The first-order chi connectivity index (χ1) is 14.6. The highest BCUT2D eigenvalue weighted by Crippen LogP contribution is 2.48. The summed E-state index contributed by atoms with van der Waals surface area (Å²) in [4.78, 5) is 5.07. The Hall–Kier alpha value is -2.86. The summed E-state index contributed by atoms with van der Waals surface area (Å²) in [6.07, 6.45) is -3.93. The summed E-state index contributed by atoms with van der Waals surface area (Å²) in [6.45, 7) is 1.66. The van der Waals surface area contributed by atoms with Crippen LogP contribution >= 0.6 is 23.2 Å². The van der Waals surface area contributed by atoms with Crippen LogP contribution in [0.1, 0.15) is 23.6 Å². The van der Waals surface area contributed by atoms with Crippen molar-refractivity contribution < 1.29 is 22.7 Å². The molecule has 0 radical (unpaired) electrons. The van der Waals surface area contributed by atoms with Crippen LogP contribution in [-0.4, -0.2) is 18.6 Å². The zero-order valence-electron chi connectivity index (χ0n) is 16.0. The van der Waals surface area contributed by atoms with Gasteiger partial charge in [0.2, 0.25) is 5.60 Å². The number of rotatable bonds is 5. The van der Waals surface area contributed by atoms with Crippen LogP contribution in [0, 0.1) is 17.3 Å². The van der Waals surface area contributed by atoms with Gasteiger partial charge >= 0.3 is 6.18 Å². The third-order valence-corrected chi connectivity index (χ3v) is 4.88. The molecule has 5 nitrogen and oxygen atoms in total. The second-order valence-electron chi connectivity index (χ2n) is 6.49. The molecule has 0 aromatic heterocycles. The van der Waals surface area contributed by atoms with Crippen molar-refractivity contribution in [3.8, 4) is 17.6 Å². The fraction of sp³-hybridized carbons (Fsp3) is 0.190. The lowest BCUT2D eigenvalue weighted by Gasteiger charge is -2.28. The van der Waals surface area contributed by atoms with E-state index in [9.17, 15) is 13.2 Å². The van der Waals surface area contributed by atoms with Gasteiger partial charge in [0, 0.05) is 21.2 Å². The summed E-state index contributed by atoms with van der Waals surface area (Å²) >= 11 is 11.8. The normalized spacial score (nSPS) is 17.9. The predicted molar refractivity (Wildman–Crippen MR) is 113 cm³/mol. The highest BCUT2D eigenvalue weighted by Gasteiger charge is 2.59. The van der Waals surface area contributed by atoms with Gasteiger partial charge in [0.05, 0.1) is 11.3 Å². The largest absolute Gasteiger partial charge is 0.480 e. The molecule has 10 heteroatoms. The molecule has 1 aliphatic rings. The number of hydroxylamine groups is 1. The number of ether oxygens (including phenoxy) is 1. The molecular formula is C21H16Cl2F3N3O2. The molecule has 1 aliphatic heterocycles. The molecule has 0 spiro atoms. The Morgan fingerprint density at radius 1 is 1.23 bits per heavy atom. The number of alkyl halides is 3. The standard InChI is InChI=1S/C21H16Cl2F3N3O2/c1-2-3-6-30-18-7-12(4-5-16(18)19(27)28)17-11-20(31-29-17,21(24,25)26)13-8-14(22)10-15(23)9-13/h4-5,7-11,29H,6H2,1H3,(H3,27,28). The molecule has 1 atom stereocenters. The molecule has 2 aromatic carbocycles. The molecule has 4 N–H and O–H groups in total. The van der Waals surface area contributed by atoms with Gasteiger partial charge < -0.3 is 10.5 Å². The van der Waals surface area contributed by atoms with Crippen molar-refractivity contribution >= 4 is 34.7 Å². The SMILES string of the molecule is CC#CCOc1cc(C2=CC(c3cc(Cl)cc(Cl)c3)(C(F)(F)F)ON2)ccc1C(=N)N. The van der Waals surface area contributed by atoms with Crippen LogP contribution in [0.3, 0.4) is 0 Å². The second-order valence-corrected chi connectivity index (χ2v) is 7.37. The van der Waals surface area contributed by atoms with E-state index in [2.05, 4.69) is 17.3 Å². The molecular weight excluding hydrogens is 454 g/mol. The van der Waals surface area contributed by atoms with E-state index in [4.69, 9.17) is 43.9 Å². The van der Waals surface area contributed by atoms with E-state index >= 15 is 0 Å². The molecule has 2 aromatic rings. The molecule has 0 saturated heterocycles. The maximum atomic E-state index is 14.1. The third kappa shape index (κ3) is 4.59. The molecule has 31 heavy (non-hydrogen) atoms. The molecule has 0 bridgehead atoms. The van der Waals surface area contributed by atoms with Gasteiger partial charge in [-0.05, 0) is 43.3 Å². The topological polar surface area (TPSA) is 80.4 Å². The molecule has 0 aliphatic carbocycles. The van der Waals surface area contributed by atoms with Crippen LogP contribution in [0.2, 0.25) is 10.0 Å². The Balaban J connectivity index is 2.09. The summed E-state index contributed by atoms with van der Waals surface area (Å²) in [6, 6.07) is 8.02. The number of nitrogens with one attached hydrogen (secondary N) is 2. The summed E-state index contributed by atoms with van der Waals surface area (Å²) in [5.41, 5.74) is 5.45. The number of nitrogen functional groups attached to an aromatic ring is 1. The molecule has 0 fully saturated rings. The van der Waals surface area contributed by atoms with E-state index < -0.39 is 11.8 Å². The number of halogens is 5. The smallest absolute Gasteiger partial charge is 0.428 e. The first-order valence-electron chi connectivity index (χ1n) is 8.79. The van der Waals surface area contributed by atoms with Crippen molar-refractivity contribution in [1.29, 1.82) is 5.41 Å². The van der Waals surface area contributed by atoms with E-state index in [0.29, 0.717) is 5.56 Å². The average molecular weight is 470 g/mol. The van der Waals surface area contributed by atoms with Crippen molar-refractivity contribution in [1.82, 2.24) is 5.48 Å². The van der Waals surface area contributed by atoms with E-state index in [1.54, 1.807) is 6.92 Å². The van der Waals surface area contributed by atoms with Crippen molar-refractivity contribution in [3.63, 3.8) is 0 Å². The highest BCUT2D eigenvalue weighted by molar-refractivity contribution is 6.34. The Morgan fingerprint density at radius 3 is 2.48 bits per heavy atom. The number of hydrogen-bond acceptors (Lipinski definition) is 4. The van der Waals surface area contributed by atoms with Gasteiger partial charge in [0.25, 0.3) is 0 Å². The Labute approximate surface area is 186 Å². The molecule has 0 saturated carbocycles. The van der Waals surface area contributed by atoms with Gasteiger partial charge in [-0.15, -0.1) is 5.92 Å². The lowest BCUT2D eigenvalue weighted by molar-refractivity contribution is -0.269. The molecule has 3 rings (SSSR count). The molecule has 1 unspecified atom stereocenters. The van der Waals surface area contributed by atoms with Gasteiger partial charge in [0.15, 0.2) is 0 Å². The average Bonchev–Trinajstić information content (AvgIpc) is 3.14. The third-order valence-electron chi connectivity index (χ3n) is 4.44. The fourth-order valence-corrected chi connectivity index (χ4v) is 3.50. The van der Waals surface area contributed by atoms with E-state index in [1.807, 2.05) is 0 Å². The van der Waals surface area contributed by atoms with E-state index in [1.165, 1.54) is 24.3 Å².